The highest BCUT2D eigenvalue weighted by atomic mass is 35.5. The van der Waals surface area contributed by atoms with Crippen LogP contribution in [0.15, 0.2) is 22.6 Å². The fraction of sp³-hybridized carbons (Fsp3) is 0.429. The van der Waals surface area contributed by atoms with Gasteiger partial charge < -0.3 is 19.8 Å². The van der Waals surface area contributed by atoms with E-state index in [1.807, 2.05) is 19.2 Å². The summed E-state index contributed by atoms with van der Waals surface area (Å²) in [6.45, 7) is 5.86. The number of hydrogen-bond donors (Lipinski definition) is 2. The summed E-state index contributed by atoms with van der Waals surface area (Å²) >= 11 is 0. The van der Waals surface area contributed by atoms with Crippen LogP contribution in [0.4, 0.5) is 6.01 Å². The van der Waals surface area contributed by atoms with Gasteiger partial charge in [0, 0.05) is 0 Å². The Hall–Kier alpha value is -1.79. The Labute approximate surface area is 130 Å². The van der Waals surface area contributed by atoms with E-state index in [4.69, 9.17) is 9.15 Å². The molecule has 21 heavy (non-hydrogen) atoms. The Morgan fingerprint density at radius 2 is 2.00 bits per heavy atom. The van der Waals surface area contributed by atoms with Crippen LogP contribution in [0, 0.1) is 13.8 Å². The van der Waals surface area contributed by atoms with Crippen LogP contribution in [0.3, 0.4) is 0 Å². The van der Waals surface area contributed by atoms with E-state index in [0.29, 0.717) is 31.6 Å². The lowest BCUT2D eigenvalue weighted by atomic mass is 10.1. The van der Waals surface area contributed by atoms with Gasteiger partial charge in [0.15, 0.2) is 0 Å². The van der Waals surface area contributed by atoms with Gasteiger partial charge >= 0.3 is 6.01 Å². The molecule has 0 spiro atoms. The van der Waals surface area contributed by atoms with Crippen LogP contribution in [0.1, 0.15) is 17.0 Å². The molecule has 116 valence electrons. The van der Waals surface area contributed by atoms with Crippen molar-refractivity contribution in [3.8, 4) is 5.75 Å². The van der Waals surface area contributed by atoms with E-state index in [2.05, 4.69) is 40.7 Å². The minimum Gasteiger partial charge on any atom is -0.492 e. The minimum absolute atomic E-state index is 0. The van der Waals surface area contributed by atoms with Crippen LogP contribution in [-0.4, -0.2) is 30.4 Å². The highest BCUT2D eigenvalue weighted by Crippen LogP contribution is 2.16. The van der Waals surface area contributed by atoms with Crippen LogP contribution >= 0.6 is 12.4 Å². The zero-order valence-corrected chi connectivity index (χ0v) is 13.3. The molecule has 2 rings (SSSR count). The molecule has 0 fully saturated rings. The van der Waals surface area contributed by atoms with Crippen molar-refractivity contribution in [3.63, 3.8) is 0 Å². The minimum atomic E-state index is 0. The molecule has 2 N–H and O–H groups in total. The molecular formula is C14H21ClN4O2. The van der Waals surface area contributed by atoms with Gasteiger partial charge in [0.25, 0.3) is 0 Å². The van der Waals surface area contributed by atoms with Gasteiger partial charge in [-0.1, -0.05) is 11.2 Å². The van der Waals surface area contributed by atoms with Crippen molar-refractivity contribution < 1.29 is 9.15 Å². The maximum Gasteiger partial charge on any atom is 0.315 e. The summed E-state index contributed by atoms with van der Waals surface area (Å²) in [6, 6.07) is 6.48. The zero-order valence-electron chi connectivity index (χ0n) is 12.5. The maximum atomic E-state index is 5.65. The molecule has 1 aromatic heterocycles. The van der Waals surface area contributed by atoms with Gasteiger partial charge in [0.05, 0.1) is 13.1 Å². The predicted octanol–water partition coefficient (Wildman–Crippen LogP) is 2.32. The highest BCUT2D eigenvalue weighted by Gasteiger charge is 2.04. The summed E-state index contributed by atoms with van der Waals surface area (Å²) in [6.07, 6.45) is 0. The van der Waals surface area contributed by atoms with E-state index >= 15 is 0 Å². The van der Waals surface area contributed by atoms with Crippen molar-refractivity contribution >= 4 is 18.4 Å². The standard InChI is InChI=1S/C14H20N4O2.ClH/c1-10-4-5-12(8-11(10)2)19-7-6-16-14-18-17-13(20-14)9-15-3;/h4-5,8,15H,6-7,9H2,1-3H3,(H,16,18);1H. The molecule has 0 aliphatic heterocycles. The van der Waals surface area contributed by atoms with Gasteiger partial charge in [0.2, 0.25) is 5.89 Å². The molecule has 1 aromatic carbocycles. The lowest BCUT2D eigenvalue weighted by molar-refractivity contribution is 0.331. The van der Waals surface area contributed by atoms with Gasteiger partial charge in [-0.3, -0.25) is 0 Å². The van der Waals surface area contributed by atoms with Gasteiger partial charge in [-0.15, -0.1) is 17.5 Å². The fourth-order valence-corrected chi connectivity index (χ4v) is 1.68. The molecule has 0 aliphatic carbocycles. The van der Waals surface area contributed by atoms with Crippen molar-refractivity contribution in [3.05, 3.63) is 35.2 Å². The SMILES string of the molecule is CNCc1nnc(NCCOc2ccc(C)c(C)c2)o1.Cl. The van der Waals surface area contributed by atoms with Crippen LogP contribution in [0.5, 0.6) is 5.75 Å². The number of rotatable bonds is 7. The first kappa shape index (κ1) is 17.3. The maximum absolute atomic E-state index is 5.65. The second kappa shape index (κ2) is 8.49. The molecule has 6 nitrogen and oxygen atoms in total. The summed E-state index contributed by atoms with van der Waals surface area (Å²) in [5.41, 5.74) is 2.49. The predicted molar refractivity (Wildman–Crippen MR) is 84.2 cm³/mol. The van der Waals surface area contributed by atoms with Gasteiger partial charge in [-0.05, 0) is 44.2 Å². The van der Waals surface area contributed by atoms with Crippen LogP contribution in [0.2, 0.25) is 0 Å². The number of anilines is 1. The first-order chi connectivity index (χ1) is 9.69. The molecule has 2 aromatic rings. The normalized spacial score (nSPS) is 10.0. The van der Waals surface area contributed by atoms with Gasteiger partial charge in [0.1, 0.15) is 12.4 Å². The molecule has 0 radical (unpaired) electrons. The first-order valence-corrected chi connectivity index (χ1v) is 6.60. The van der Waals surface area contributed by atoms with Crippen molar-refractivity contribution in [1.82, 2.24) is 15.5 Å². The average Bonchev–Trinajstić information content (AvgIpc) is 2.87. The molecule has 0 amide bonds. The van der Waals surface area contributed by atoms with E-state index in [1.54, 1.807) is 0 Å². The number of ether oxygens (including phenoxy) is 1. The Kier molecular flexibility index (Phi) is 6.98. The largest absolute Gasteiger partial charge is 0.492 e. The van der Waals surface area contributed by atoms with E-state index in [0.717, 1.165) is 5.75 Å². The number of benzene rings is 1. The number of halogens is 1. The van der Waals surface area contributed by atoms with E-state index in [1.165, 1.54) is 11.1 Å². The summed E-state index contributed by atoms with van der Waals surface area (Å²) in [4.78, 5) is 0. The molecule has 0 saturated carbocycles. The smallest absolute Gasteiger partial charge is 0.315 e. The lowest BCUT2D eigenvalue weighted by Gasteiger charge is -2.08. The van der Waals surface area contributed by atoms with Crippen LogP contribution in [0.25, 0.3) is 0 Å². The van der Waals surface area contributed by atoms with E-state index < -0.39 is 0 Å². The fourth-order valence-electron chi connectivity index (χ4n) is 1.68. The summed E-state index contributed by atoms with van der Waals surface area (Å²) in [7, 11) is 1.83. The van der Waals surface area contributed by atoms with Gasteiger partial charge in [-0.2, -0.15) is 0 Å². The Morgan fingerprint density at radius 3 is 2.71 bits per heavy atom. The second-order valence-corrected chi connectivity index (χ2v) is 4.55. The highest BCUT2D eigenvalue weighted by molar-refractivity contribution is 5.85. The van der Waals surface area contributed by atoms with E-state index in [9.17, 15) is 0 Å². The average molecular weight is 313 g/mol. The Bertz CT molecular complexity index is 560. The summed E-state index contributed by atoms with van der Waals surface area (Å²) in [5.74, 6) is 1.43. The zero-order chi connectivity index (χ0) is 14.4. The lowest BCUT2D eigenvalue weighted by Crippen LogP contribution is -2.11. The van der Waals surface area contributed by atoms with Crippen molar-refractivity contribution in [2.24, 2.45) is 0 Å². The van der Waals surface area contributed by atoms with Crippen LogP contribution < -0.4 is 15.4 Å². The summed E-state index contributed by atoms with van der Waals surface area (Å²) in [5, 5.41) is 13.7. The van der Waals surface area contributed by atoms with Crippen molar-refractivity contribution in [2.75, 3.05) is 25.5 Å². The summed E-state index contributed by atoms with van der Waals surface area (Å²) < 4.78 is 11.0. The third-order valence-electron chi connectivity index (χ3n) is 2.92. The quantitative estimate of drug-likeness (QED) is 0.765. The number of aryl methyl sites for hydroxylation is 2. The van der Waals surface area contributed by atoms with E-state index in [-0.39, 0.29) is 12.4 Å². The number of aromatic nitrogens is 2. The Balaban J connectivity index is 0.00000220. The molecule has 0 atom stereocenters. The molecular weight excluding hydrogens is 292 g/mol. The molecule has 0 unspecified atom stereocenters. The van der Waals surface area contributed by atoms with Gasteiger partial charge in [-0.25, -0.2) is 0 Å². The molecule has 0 aliphatic rings. The van der Waals surface area contributed by atoms with Crippen LogP contribution in [-0.2, 0) is 6.54 Å². The number of nitrogens with zero attached hydrogens (tertiary/aromatic N) is 2. The van der Waals surface area contributed by atoms with Crippen molar-refractivity contribution in [1.29, 1.82) is 0 Å². The number of hydrogen-bond acceptors (Lipinski definition) is 6. The number of nitrogens with one attached hydrogen (secondary N) is 2. The molecule has 7 heteroatoms. The molecule has 0 bridgehead atoms. The third-order valence-corrected chi connectivity index (χ3v) is 2.92. The first-order valence-electron chi connectivity index (χ1n) is 6.60. The Morgan fingerprint density at radius 1 is 1.19 bits per heavy atom. The third kappa shape index (κ3) is 5.24. The molecule has 0 saturated heterocycles. The second-order valence-electron chi connectivity index (χ2n) is 4.55. The molecule has 1 heterocycles. The van der Waals surface area contributed by atoms with Crippen molar-refractivity contribution in [2.45, 2.75) is 20.4 Å². The topological polar surface area (TPSA) is 72.2 Å². The monoisotopic (exact) mass is 312 g/mol.